The van der Waals surface area contributed by atoms with Crippen molar-refractivity contribution in [3.05, 3.63) is 47.8 Å². The molecule has 0 unspecified atom stereocenters. The van der Waals surface area contributed by atoms with Gasteiger partial charge in [0.25, 0.3) is 5.91 Å². The highest BCUT2D eigenvalue weighted by Gasteiger charge is 2.29. The van der Waals surface area contributed by atoms with E-state index in [0.29, 0.717) is 64.1 Å². The van der Waals surface area contributed by atoms with Crippen molar-refractivity contribution in [3.8, 4) is 11.1 Å². The van der Waals surface area contributed by atoms with E-state index in [1.807, 2.05) is 30.0 Å². The number of benzene rings is 1. The SMILES string of the molecule is CCOC(=O)CN1CCN(CC2CCN(C(=O)c3ncc(-c4cccc(CC)c4)cc3NC(=O)CN3CCOCC3)CC2)CC1. The van der Waals surface area contributed by atoms with E-state index < -0.39 is 0 Å². The first-order chi connectivity index (χ1) is 21.9. The van der Waals surface area contributed by atoms with Gasteiger partial charge >= 0.3 is 5.97 Å². The van der Waals surface area contributed by atoms with E-state index >= 15 is 0 Å². The molecule has 4 heterocycles. The molecule has 11 heteroatoms. The number of likely N-dealkylation sites (tertiary alicyclic amines) is 1. The predicted octanol–water partition coefficient (Wildman–Crippen LogP) is 2.61. The summed E-state index contributed by atoms with van der Waals surface area (Å²) < 4.78 is 10.5. The molecule has 3 aliphatic heterocycles. The molecular weight excluding hydrogens is 572 g/mol. The highest BCUT2D eigenvalue weighted by Crippen LogP contribution is 2.28. The zero-order chi connectivity index (χ0) is 31.6. The fraction of sp³-hybridized carbons (Fsp3) is 0.588. The molecule has 244 valence electrons. The highest BCUT2D eigenvalue weighted by molar-refractivity contribution is 6.03. The second kappa shape index (κ2) is 16.3. The second-order valence-electron chi connectivity index (χ2n) is 12.2. The number of morpholine rings is 1. The highest BCUT2D eigenvalue weighted by atomic mass is 16.5. The number of carbonyl (C=O) groups excluding carboxylic acids is 3. The lowest BCUT2D eigenvalue weighted by Gasteiger charge is -2.38. The first kappa shape index (κ1) is 33.0. The fourth-order valence-corrected chi connectivity index (χ4v) is 6.36. The maximum absolute atomic E-state index is 13.8. The molecule has 2 aromatic rings. The Labute approximate surface area is 266 Å². The standard InChI is InChI=1S/C34H48N6O5/c1-3-26-6-5-7-28(20-26)29-21-30(36-31(41)24-39-16-18-44-19-17-39)33(35-22-29)34(43)40-10-8-27(9-11-40)23-37-12-14-38(15-13-37)25-32(42)45-4-2/h5-7,20-22,27H,3-4,8-19,23-25H2,1-2H3,(H,36,41). The van der Waals surface area contributed by atoms with Crippen molar-refractivity contribution < 1.29 is 23.9 Å². The quantitative estimate of drug-likeness (QED) is 0.380. The monoisotopic (exact) mass is 620 g/mol. The number of hydrogen-bond acceptors (Lipinski definition) is 9. The van der Waals surface area contributed by atoms with Crippen LogP contribution in [0.5, 0.6) is 0 Å². The second-order valence-corrected chi connectivity index (χ2v) is 12.2. The molecule has 11 nitrogen and oxygen atoms in total. The van der Waals surface area contributed by atoms with Gasteiger partial charge in [-0.15, -0.1) is 0 Å². The van der Waals surface area contributed by atoms with Gasteiger partial charge in [-0.25, -0.2) is 4.98 Å². The summed E-state index contributed by atoms with van der Waals surface area (Å²) in [7, 11) is 0. The van der Waals surface area contributed by atoms with Crippen molar-refractivity contribution in [2.24, 2.45) is 5.92 Å². The van der Waals surface area contributed by atoms with E-state index in [9.17, 15) is 14.4 Å². The molecule has 0 spiro atoms. The first-order valence-electron chi connectivity index (χ1n) is 16.5. The van der Waals surface area contributed by atoms with Gasteiger partial charge in [0.05, 0.1) is 38.6 Å². The third-order valence-corrected chi connectivity index (χ3v) is 9.04. The minimum absolute atomic E-state index is 0.142. The van der Waals surface area contributed by atoms with Crippen LogP contribution in [0.4, 0.5) is 5.69 Å². The number of hydrogen-bond donors (Lipinski definition) is 1. The lowest BCUT2D eigenvalue weighted by atomic mass is 9.95. The molecule has 3 fully saturated rings. The summed E-state index contributed by atoms with van der Waals surface area (Å²) in [6.07, 6.45) is 4.52. The van der Waals surface area contributed by atoms with Crippen LogP contribution < -0.4 is 5.32 Å². The zero-order valence-corrected chi connectivity index (χ0v) is 26.8. The maximum atomic E-state index is 13.8. The summed E-state index contributed by atoms with van der Waals surface area (Å²) >= 11 is 0. The van der Waals surface area contributed by atoms with Gasteiger partial charge in [-0.3, -0.25) is 24.2 Å². The molecule has 0 bridgehead atoms. The minimum Gasteiger partial charge on any atom is -0.465 e. The van der Waals surface area contributed by atoms with Gasteiger partial charge in [-0.1, -0.05) is 31.2 Å². The Bertz CT molecular complexity index is 1300. The number of rotatable bonds is 11. The summed E-state index contributed by atoms with van der Waals surface area (Å²) in [5, 5.41) is 3.03. The summed E-state index contributed by atoms with van der Waals surface area (Å²) in [6, 6.07) is 10.2. The van der Waals surface area contributed by atoms with E-state index in [2.05, 4.69) is 44.1 Å². The molecule has 3 saturated heterocycles. The number of piperidine rings is 1. The van der Waals surface area contributed by atoms with Crippen LogP contribution in [0.25, 0.3) is 11.1 Å². The van der Waals surface area contributed by atoms with Gasteiger partial charge in [0.15, 0.2) is 5.69 Å². The number of esters is 1. The summed E-state index contributed by atoms with van der Waals surface area (Å²) in [4.78, 5) is 52.0. The molecule has 0 radical (unpaired) electrons. The van der Waals surface area contributed by atoms with Gasteiger partial charge < -0.3 is 24.6 Å². The van der Waals surface area contributed by atoms with E-state index in [1.165, 1.54) is 5.56 Å². The molecule has 2 amide bonds. The van der Waals surface area contributed by atoms with Crippen LogP contribution in [-0.2, 0) is 25.5 Å². The van der Waals surface area contributed by atoms with Crippen LogP contribution in [0, 0.1) is 5.92 Å². The minimum atomic E-state index is -0.159. The third kappa shape index (κ3) is 9.32. The molecule has 0 saturated carbocycles. The average Bonchev–Trinajstić information content (AvgIpc) is 3.06. The Morgan fingerprint density at radius 1 is 0.889 bits per heavy atom. The maximum Gasteiger partial charge on any atom is 0.320 e. The van der Waals surface area contributed by atoms with Crippen LogP contribution in [-0.4, -0.2) is 134 Å². The number of pyridine rings is 1. The Hall–Kier alpha value is -3.38. The Morgan fingerprint density at radius 3 is 2.31 bits per heavy atom. The topological polar surface area (TPSA) is 108 Å². The third-order valence-electron chi connectivity index (χ3n) is 9.04. The van der Waals surface area contributed by atoms with Gasteiger partial charge in [0.2, 0.25) is 5.91 Å². The molecule has 3 aliphatic rings. The zero-order valence-electron chi connectivity index (χ0n) is 26.8. The van der Waals surface area contributed by atoms with Crippen LogP contribution >= 0.6 is 0 Å². The van der Waals surface area contributed by atoms with Gasteiger partial charge in [0, 0.05) is 70.7 Å². The van der Waals surface area contributed by atoms with Gasteiger partial charge in [0.1, 0.15) is 0 Å². The average molecular weight is 621 g/mol. The van der Waals surface area contributed by atoms with E-state index in [1.54, 1.807) is 6.20 Å². The van der Waals surface area contributed by atoms with Crippen molar-refractivity contribution in [2.75, 3.05) is 97.1 Å². The largest absolute Gasteiger partial charge is 0.465 e. The Kier molecular flexibility index (Phi) is 11.9. The summed E-state index contributed by atoms with van der Waals surface area (Å²) in [5.41, 5.74) is 3.83. The summed E-state index contributed by atoms with van der Waals surface area (Å²) in [5.74, 6) is 0.0574. The first-order valence-corrected chi connectivity index (χ1v) is 16.5. The van der Waals surface area contributed by atoms with Crippen LogP contribution in [0.15, 0.2) is 36.5 Å². The number of ether oxygens (including phenoxy) is 2. The molecule has 45 heavy (non-hydrogen) atoms. The lowest BCUT2D eigenvalue weighted by Crippen LogP contribution is -2.50. The lowest BCUT2D eigenvalue weighted by molar-refractivity contribution is -0.144. The molecule has 5 rings (SSSR count). The Morgan fingerprint density at radius 2 is 1.60 bits per heavy atom. The van der Waals surface area contributed by atoms with E-state index in [4.69, 9.17) is 9.47 Å². The fourth-order valence-electron chi connectivity index (χ4n) is 6.36. The molecule has 1 N–H and O–H groups in total. The number of aromatic nitrogens is 1. The number of anilines is 1. The van der Waals surface area contributed by atoms with Crippen LogP contribution in [0.3, 0.4) is 0 Å². The number of nitrogens with zero attached hydrogens (tertiary/aromatic N) is 5. The van der Waals surface area contributed by atoms with Crippen molar-refractivity contribution in [1.82, 2.24) is 24.6 Å². The van der Waals surface area contributed by atoms with Gasteiger partial charge in [-0.2, -0.15) is 0 Å². The van der Waals surface area contributed by atoms with E-state index in [-0.39, 0.29) is 30.0 Å². The number of nitrogens with one attached hydrogen (secondary N) is 1. The van der Waals surface area contributed by atoms with Crippen molar-refractivity contribution >= 4 is 23.5 Å². The summed E-state index contributed by atoms with van der Waals surface area (Å²) in [6.45, 7) is 13.5. The van der Waals surface area contributed by atoms with E-state index in [0.717, 1.165) is 63.1 Å². The smallest absolute Gasteiger partial charge is 0.320 e. The predicted molar refractivity (Wildman–Crippen MR) is 173 cm³/mol. The van der Waals surface area contributed by atoms with Gasteiger partial charge in [-0.05, 0) is 49.3 Å². The van der Waals surface area contributed by atoms with Crippen molar-refractivity contribution in [1.29, 1.82) is 0 Å². The van der Waals surface area contributed by atoms with Crippen molar-refractivity contribution in [3.63, 3.8) is 0 Å². The molecule has 0 aliphatic carbocycles. The number of piperazine rings is 1. The van der Waals surface area contributed by atoms with Crippen molar-refractivity contribution in [2.45, 2.75) is 33.1 Å². The van der Waals surface area contributed by atoms with Crippen LogP contribution in [0.2, 0.25) is 0 Å². The van der Waals surface area contributed by atoms with Crippen LogP contribution in [0.1, 0.15) is 42.7 Å². The molecular formula is C34H48N6O5. The molecule has 0 atom stereocenters. The molecule has 1 aromatic carbocycles. The normalized spacial score (nSPS) is 18.9. The molecule has 1 aromatic heterocycles. The number of carbonyl (C=O) groups is 3. The Balaban J connectivity index is 1.20. The number of aryl methyl sites for hydroxylation is 1. The number of amides is 2.